The molecule has 0 radical (unpaired) electrons. The Hall–Kier alpha value is -1.04. The van der Waals surface area contributed by atoms with Crippen LogP contribution in [0.15, 0.2) is 22.6 Å². The zero-order valence-electron chi connectivity index (χ0n) is 10.9. The molecule has 18 heavy (non-hydrogen) atoms. The highest BCUT2D eigenvalue weighted by atomic mass is 32.2. The van der Waals surface area contributed by atoms with Crippen LogP contribution >= 0.6 is 0 Å². The molecule has 0 heterocycles. The van der Waals surface area contributed by atoms with Gasteiger partial charge in [0, 0.05) is 6.21 Å². The van der Waals surface area contributed by atoms with E-state index in [-0.39, 0.29) is 18.0 Å². The molecule has 0 fully saturated rings. The summed E-state index contributed by atoms with van der Waals surface area (Å²) in [6, 6.07) is 5.23. The Morgan fingerprint density at radius 1 is 1.22 bits per heavy atom. The summed E-state index contributed by atoms with van der Waals surface area (Å²) in [7, 11) is -1.30. The molecule has 0 bridgehead atoms. The van der Waals surface area contributed by atoms with E-state index in [1.807, 2.05) is 20.8 Å². The van der Waals surface area contributed by atoms with E-state index < -0.39 is 11.0 Å². The first kappa shape index (κ1) is 15.0. The van der Waals surface area contributed by atoms with Crippen molar-refractivity contribution in [2.24, 2.45) is 4.40 Å². The fraction of sp³-hybridized carbons (Fsp3) is 0.462. The lowest BCUT2D eigenvalue weighted by Gasteiger charge is -2.12. The quantitative estimate of drug-likeness (QED) is 0.815. The van der Waals surface area contributed by atoms with E-state index in [9.17, 15) is 4.21 Å². The second-order valence-corrected chi connectivity index (χ2v) is 6.87. The van der Waals surface area contributed by atoms with Gasteiger partial charge in [-0.05, 0) is 43.5 Å². The molecule has 0 saturated carbocycles. The van der Waals surface area contributed by atoms with E-state index in [0.717, 1.165) is 5.56 Å². The first-order valence-corrected chi connectivity index (χ1v) is 6.78. The number of benzene rings is 1. The molecular formula is C13H19NO3S. The normalized spacial score (nSPS) is 14.1. The maximum absolute atomic E-state index is 11.7. The van der Waals surface area contributed by atoms with Crippen molar-refractivity contribution in [1.82, 2.24) is 0 Å². The molecule has 1 aromatic carbocycles. The molecule has 0 aromatic heterocycles. The summed E-state index contributed by atoms with van der Waals surface area (Å²) >= 11 is 0. The minimum Gasteiger partial charge on any atom is -0.392 e. The maximum atomic E-state index is 11.7. The van der Waals surface area contributed by atoms with Gasteiger partial charge in [-0.25, -0.2) is 4.21 Å². The summed E-state index contributed by atoms with van der Waals surface area (Å²) in [5, 5.41) is 18.2. The molecule has 0 aliphatic heterocycles. The number of rotatable bonds is 4. The van der Waals surface area contributed by atoms with Crippen LogP contribution in [0.5, 0.6) is 0 Å². The van der Waals surface area contributed by atoms with Gasteiger partial charge in [0.2, 0.25) is 0 Å². The summed E-state index contributed by atoms with van der Waals surface area (Å²) in [4.78, 5) is 0. The van der Waals surface area contributed by atoms with Crippen molar-refractivity contribution >= 4 is 17.2 Å². The molecule has 1 unspecified atom stereocenters. The minimum atomic E-state index is -1.30. The van der Waals surface area contributed by atoms with Crippen LogP contribution in [0, 0.1) is 0 Å². The molecule has 0 saturated heterocycles. The van der Waals surface area contributed by atoms with Gasteiger partial charge in [0.05, 0.1) is 18.0 Å². The Labute approximate surface area is 110 Å². The third kappa shape index (κ3) is 4.01. The Kier molecular flexibility index (Phi) is 5.19. The molecule has 0 aliphatic carbocycles. The molecule has 1 atom stereocenters. The van der Waals surface area contributed by atoms with Crippen molar-refractivity contribution < 1.29 is 14.4 Å². The SMILES string of the molecule is CC(C)(C)S(=O)N=Cc1ccc(CO)c(CO)c1. The van der Waals surface area contributed by atoms with Crippen LogP contribution < -0.4 is 0 Å². The highest BCUT2D eigenvalue weighted by Crippen LogP contribution is 2.14. The average Bonchev–Trinajstić information content (AvgIpc) is 2.34. The van der Waals surface area contributed by atoms with Gasteiger partial charge in [-0.2, -0.15) is 4.40 Å². The molecule has 0 amide bonds. The van der Waals surface area contributed by atoms with Gasteiger partial charge in [-0.1, -0.05) is 12.1 Å². The largest absolute Gasteiger partial charge is 0.392 e. The van der Waals surface area contributed by atoms with Crippen LogP contribution in [0.3, 0.4) is 0 Å². The molecule has 0 spiro atoms. The highest BCUT2D eigenvalue weighted by Gasteiger charge is 2.18. The summed E-state index contributed by atoms with van der Waals surface area (Å²) in [5.74, 6) is 0. The summed E-state index contributed by atoms with van der Waals surface area (Å²) < 4.78 is 15.4. The van der Waals surface area contributed by atoms with Crippen LogP contribution in [0.4, 0.5) is 0 Å². The molecule has 0 aliphatic rings. The third-order valence-electron chi connectivity index (χ3n) is 2.39. The molecular weight excluding hydrogens is 250 g/mol. The summed E-state index contributed by atoms with van der Waals surface area (Å²) in [6.45, 7) is 5.32. The number of hydrogen-bond acceptors (Lipinski definition) is 3. The van der Waals surface area contributed by atoms with E-state index in [0.29, 0.717) is 11.1 Å². The van der Waals surface area contributed by atoms with Gasteiger partial charge >= 0.3 is 0 Å². The lowest BCUT2D eigenvalue weighted by molar-refractivity contribution is 0.260. The Morgan fingerprint density at radius 2 is 1.83 bits per heavy atom. The second kappa shape index (κ2) is 6.22. The highest BCUT2D eigenvalue weighted by molar-refractivity contribution is 7.85. The third-order valence-corrected chi connectivity index (χ3v) is 3.74. The number of aliphatic hydroxyl groups excluding tert-OH is 2. The Bertz CT molecular complexity index is 464. The monoisotopic (exact) mass is 269 g/mol. The van der Waals surface area contributed by atoms with Crippen LogP contribution in [-0.4, -0.2) is 25.4 Å². The predicted molar refractivity (Wildman–Crippen MR) is 73.8 cm³/mol. The van der Waals surface area contributed by atoms with E-state index in [2.05, 4.69) is 4.40 Å². The lowest BCUT2D eigenvalue weighted by Crippen LogP contribution is -2.19. The predicted octanol–water partition coefficient (Wildman–Crippen LogP) is 1.55. The standard InChI is InChI=1S/C13H19NO3S/c1-13(2,3)18(17)14-7-10-4-5-11(8-15)12(6-10)9-16/h4-7,15-16H,8-9H2,1-3H3. The van der Waals surface area contributed by atoms with Crippen molar-refractivity contribution in [1.29, 1.82) is 0 Å². The molecule has 2 N–H and O–H groups in total. The van der Waals surface area contributed by atoms with Crippen molar-refractivity contribution in [2.45, 2.75) is 38.7 Å². The fourth-order valence-corrected chi connectivity index (χ4v) is 1.83. The Balaban J connectivity index is 2.92. The summed E-state index contributed by atoms with van der Waals surface area (Å²) in [6.07, 6.45) is 1.53. The first-order valence-electron chi connectivity index (χ1n) is 5.68. The molecule has 1 aromatic rings. The maximum Gasteiger partial charge on any atom is 0.144 e. The molecule has 1 rings (SSSR count). The van der Waals surface area contributed by atoms with Crippen molar-refractivity contribution in [2.75, 3.05) is 0 Å². The van der Waals surface area contributed by atoms with Crippen molar-refractivity contribution in [3.05, 3.63) is 34.9 Å². The fourth-order valence-electron chi connectivity index (χ4n) is 1.29. The van der Waals surface area contributed by atoms with E-state index in [1.54, 1.807) is 18.2 Å². The van der Waals surface area contributed by atoms with Gasteiger partial charge < -0.3 is 10.2 Å². The van der Waals surface area contributed by atoms with Gasteiger partial charge in [-0.15, -0.1) is 0 Å². The zero-order valence-corrected chi connectivity index (χ0v) is 11.7. The van der Waals surface area contributed by atoms with Crippen LogP contribution in [0.1, 0.15) is 37.5 Å². The zero-order chi connectivity index (χ0) is 13.8. The van der Waals surface area contributed by atoms with Crippen molar-refractivity contribution in [3.63, 3.8) is 0 Å². The average molecular weight is 269 g/mol. The Morgan fingerprint density at radius 3 is 2.33 bits per heavy atom. The van der Waals surface area contributed by atoms with E-state index in [1.165, 1.54) is 6.21 Å². The van der Waals surface area contributed by atoms with Crippen molar-refractivity contribution in [3.8, 4) is 0 Å². The van der Waals surface area contributed by atoms with Gasteiger partial charge in [-0.3, -0.25) is 0 Å². The van der Waals surface area contributed by atoms with Gasteiger partial charge in [0.25, 0.3) is 0 Å². The molecule has 4 nitrogen and oxygen atoms in total. The molecule has 100 valence electrons. The number of aliphatic hydroxyl groups is 2. The van der Waals surface area contributed by atoms with E-state index in [4.69, 9.17) is 10.2 Å². The van der Waals surface area contributed by atoms with Crippen LogP contribution in [0.25, 0.3) is 0 Å². The van der Waals surface area contributed by atoms with E-state index >= 15 is 0 Å². The van der Waals surface area contributed by atoms with Crippen LogP contribution in [-0.2, 0) is 24.2 Å². The van der Waals surface area contributed by atoms with Gasteiger partial charge in [0.1, 0.15) is 11.0 Å². The molecule has 5 heteroatoms. The van der Waals surface area contributed by atoms with Crippen LogP contribution in [0.2, 0.25) is 0 Å². The summed E-state index contributed by atoms with van der Waals surface area (Å²) in [5.41, 5.74) is 2.10. The second-order valence-electron chi connectivity index (χ2n) is 4.94. The number of nitrogens with zero attached hydrogens (tertiary/aromatic N) is 1. The minimum absolute atomic E-state index is 0.110. The smallest absolute Gasteiger partial charge is 0.144 e. The lowest BCUT2D eigenvalue weighted by atomic mass is 10.1. The topological polar surface area (TPSA) is 69.9 Å². The number of hydrogen-bond donors (Lipinski definition) is 2. The first-order chi connectivity index (χ1) is 8.38. The van der Waals surface area contributed by atoms with Gasteiger partial charge in [0.15, 0.2) is 0 Å².